The molecule has 1 aromatic rings. The Bertz CT molecular complexity index is 433. The van der Waals surface area contributed by atoms with Gasteiger partial charge in [0.2, 0.25) is 0 Å². The molecule has 1 fully saturated rings. The van der Waals surface area contributed by atoms with Crippen molar-refractivity contribution in [1.29, 1.82) is 0 Å². The highest BCUT2D eigenvalue weighted by Crippen LogP contribution is 2.31. The molecule has 2 aliphatic heterocycles. The number of hydrogen-bond acceptors (Lipinski definition) is 3. The van der Waals surface area contributed by atoms with Crippen LogP contribution >= 0.6 is 0 Å². The van der Waals surface area contributed by atoms with Crippen LogP contribution in [0, 0.1) is 0 Å². The van der Waals surface area contributed by atoms with E-state index < -0.39 is 0 Å². The predicted molar refractivity (Wildman–Crippen MR) is 76.0 cm³/mol. The van der Waals surface area contributed by atoms with Crippen LogP contribution in [0.4, 0.5) is 0 Å². The molecule has 0 spiro atoms. The molecule has 1 saturated heterocycles. The standard InChI is InChI=1S/C16H23NO2/c1-13-4-2-8-17(13)9-3-5-14-6-7-15-16(12-14)19-11-10-18-15/h6-7,12-13H,2-5,8-11H2,1H3/t13-/m0/s1. The van der Waals surface area contributed by atoms with Gasteiger partial charge in [0.1, 0.15) is 13.2 Å². The van der Waals surface area contributed by atoms with Crippen LogP contribution in [0.25, 0.3) is 0 Å². The first-order valence-electron chi connectivity index (χ1n) is 7.45. The van der Waals surface area contributed by atoms with E-state index in [2.05, 4.69) is 24.0 Å². The summed E-state index contributed by atoms with van der Waals surface area (Å²) in [6, 6.07) is 7.13. The molecule has 0 unspecified atom stereocenters. The lowest BCUT2D eigenvalue weighted by Crippen LogP contribution is -2.28. The van der Waals surface area contributed by atoms with Gasteiger partial charge in [0.05, 0.1) is 0 Å². The zero-order valence-corrected chi connectivity index (χ0v) is 11.7. The molecule has 0 N–H and O–H groups in total. The van der Waals surface area contributed by atoms with Crippen molar-refractivity contribution < 1.29 is 9.47 Å². The Morgan fingerprint density at radius 2 is 2.05 bits per heavy atom. The van der Waals surface area contributed by atoms with Crippen molar-refractivity contribution in [2.45, 2.75) is 38.6 Å². The van der Waals surface area contributed by atoms with Crippen molar-refractivity contribution in [3.63, 3.8) is 0 Å². The Morgan fingerprint density at radius 1 is 1.21 bits per heavy atom. The van der Waals surface area contributed by atoms with E-state index in [0.717, 1.165) is 24.0 Å². The average molecular weight is 261 g/mol. The Morgan fingerprint density at radius 3 is 2.84 bits per heavy atom. The second kappa shape index (κ2) is 5.83. The lowest BCUT2D eigenvalue weighted by Gasteiger charge is -2.21. The molecular formula is C16H23NO2. The molecule has 1 atom stereocenters. The molecule has 0 aromatic heterocycles. The molecule has 2 heterocycles. The molecular weight excluding hydrogens is 238 g/mol. The number of hydrogen-bond donors (Lipinski definition) is 0. The largest absolute Gasteiger partial charge is 0.486 e. The maximum atomic E-state index is 5.63. The Hall–Kier alpha value is -1.22. The fourth-order valence-electron chi connectivity index (χ4n) is 3.05. The predicted octanol–water partition coefficient (Wildman–Crippen LogP) is 2.87. The van der Waals surface area contributed by atoms with Crippen LogP contribution in [-0.2, 0) is 6.42 Å². The molecule has 0 saturated carbocycles. The lowest BCUT2D eigenvalue weighted by atomic mass is 10.1. The van der Waals surface area contributed by atoms with E-state index in [0.29, 0.717) is 13.2 Å². The van der Waals surface area contributed by atoms with Crippen LogP contribution in [0.2, 0.25) is 0 Å². The minimum atomic E-state index is 0.666. The van der Waals surface area contributed by atoms with Crippen molar-refractivity contribution >= 4 is 0 Å². The highest BCUT2D eigenvalue weighted by Gasteiger charge is 2.19. The maximum Gasteiger partial charge on any atom is 0.161 e. The molecule has 0 bridgehead atoms. The summed E-state index contributed by atoms with van der Waals surface area (Å²) in [5.74, 6) is 1.81. The number of likely N-dealkylation sites (tertiary alicyclic amines) is 1. The SMILES string of the molecule is C[C@H]1CCCN1CCCc1ccc2c(c1)OCCO2. The third-order valence-electron chi connectivity index (χ3n) is 4.21. The van der Waals surface area contributed by atoms with E-state index in [1.165, 1.54) is 37.9 Å². The van der Waals surface area contributed by atoms with E-state index in [1.807, 2.05) is 6.07 Å². The van der Waals surface area contributed by atoms with Gasteiger partial charge >= 0.3 is 0 Å². The topological polar surface area (TPSA) is 21.7 Å². The summed E-state index contributed by atoms with van der Waals surface area (Å²) >= 11 is 0. The summed E-state index contributed by atoms with van der Waals surface area (Å²) in [5, 5.41) is 0. The van der Waals surface area contributed by atoms with Gasteiger partial charge < -0.3 is 14.4 Å². The minimum absolute atomic E-state index is 0.666. The highest BCUT2D eigenvalue weighted by molar-refractivity contribution is 5.43. The van der Waals surface area contributed by atoms with E-state index in [9.17, 15) is 0 Å². The van der Waals surface area contributed by atoms with Crippen LogP contribution in [0.15, 0.2) is 18.2 Å². The van der Waals surface area contributed by atoms with Crippen LogP contribution in [0.1, 0.15) is 31.7 Å². The first-order chi connectivity index (χ1) is 9.33. The molecule has 3 rings (SSSR count). The second-order valence-corrected chi connectivity index (χ2v) is 5.61. The van der Waals surface area contributed by atoms with Crippen molar-refractivity contribution in [1.82, 2.24) is 4.90 Å². The lowest BCUT2D eigenvalue weighted by molar-refractivity contribution is 0.171. The fourth-order valence-corrected chi connectivity index (χ4v) is 3.05. The molecule has 19 heavy (non-hydrogen) atoms. The molecule has 2 aliphatic rings. The summed E-state index contributed by atoms with van der Waals surface area (Å²) in [6.45, 7) is 6.18. The average Bonchev–Trinajstić information content (AvgIpc) is 2.84. The first-order valence-corrected chi connectivity index (χ1v) is 7.45. The van der Waals surface area contributed by atoms with Crippen molar-refractivity contribution in [2.24, 2.45) is 0 Å². The molecule has 3 heteroatoms. The molecule has 0 radical (unpaired) electrons. The number of fused-ring (bicyclic) bond motifs is 1. The van der Waals surface area contributed by atoms with E-state index in [-0.39, 0.29) is 0 Å². The van der Waals surface area contributed by atoms with Crippen molar-refractivity contribution in [2.75, 3.05) is 26.3 Å². The monoisotopic (exact) mass is 261 g/mol. The van der Waals surface area contributed by atoms with Crippen molar-refractivity contribution in [3.05, 3.63) is 23.8 Å². The van der Waals surface area contributed by atoms with Gasteiger partial charge in [-0.3, -0.25) is 0 Å². The first kappa shape index (κ1) is 12.8. The summed E-state index contributed by atoms with van der Waals surface area (Å²) in [7, 11) is 0. The minimum Gasteiger partial charge on any atom is -0.486 e. The quantitative estimate of drug-likeness (QED) is 0.832. The molecule has 104 valence electrons. The number of nitrogens with zero attached hydrogens (tertiary/aromatic N) is 1. The molecule has 1 aromatic carbocycles. The zero-order chi connectivity index (χ0) is 13.1. The molecule has 0 amide bonds. The fraction of sp³-hybridized carbons (Fsp3) is 0.625. The van der Waals surface area contributed by atoms with Gasteiger partial charge in [-0.15, -0.1) is 0 Å². The highest BCUT2D eigenvalue weighted by atomic mass is 16.6. The summed E-state index contributed by atoms with van der Waals surface area (Å²) < 4.78 is 11.2. The van der Waals surface area contributed by atoms with E-state index in [1.54, 1.807) is 0 Å². The summed E-state index contributed by atoms with van der Waals surface area (Å²) in [6.07, 6.45) is 5.08. The number of ether oxygens (including phenoxy) is 2. The third-order valence-corrected chi connectivity index (χ3v) is 4.21. The number of benzene rings is 1. The van der Waals surface area contributed by atoms with Gasteiger partial charge in [-0.2, -0.15) is 0 Å². The number of aryl methyl sites for hydroxylation is 1. The Kier molecular flexibility index (Phi) is 3.92. The van der Waals surface area contributed by atoms with Crippen LogP contribution in [0.3, 0.4) is 0 Å². The summed E-state index contributed by atoms with van der Waals surface area (Å²) in [5.41, 5.74) is 1.36. The smallest absolute Gasteiger partial charge is 0.161 e. The Balaban J connectivity index is 1.52. The summed E-state index contributed by atoms with van der Waals surface area (Å²) in [4.78, 5) is 2.61. The second-order valence-electron chi connectivity index (χ2n) is 5.61. The van der Waals surface area contributed by atoms with Gasteiger partial charge in [-0.1, -0.05) is 6.07 Å². The van der Waals surface area contributed by atoms with Gasteiger partial charge in [-0.25, -0.2) is 0 Å². The van der Waals surface area contributed by atoms with E-state index in [4.69, 9.17) is 9.47 Å². The van der Waals surface area contributed by atoms with Gasteiger partial charge in [0.25, 0.3) is 0 Å². The third kappa shape index (κ3) is 3.03. The van der Waals surface area contributed by atoms with Gasteiger partial charge in [0, 0.05) is 6.04 Å². The van der Waals surface area contributed by atoms with Crippen LogP contribution in [0.5, 0.6) is 11.5 Å². The van der Waals surface area contributed by atoms with Crippen LogP contribution < -0.4 is 9.47 Å². The van der Waals surface area contributed by atoms with Gasteiger partial charge in [0.15, 0.2) is 11.5 Å². The normalized spacial score (nSPS) is 22.7. The zero-order valence-electron chi connectivity index (χ0n) is 11.7. The molecule has 0 aliphatic carbocycles. The van der Waals surface area contributed by atoms with Crippen molar-refractivity contribution in [3.8, 4) is 11.5 Å². The Labute approximate surface area is 115 Å². The number of rotatable bonds is 4. The van der Waals surface area contributed by atoms with Crippen LogP contribution in [-0.4, -0.2) is 37.2 Å². The molecule has 3 nitrogen and oxygen atoms in total. The maximum absolute atomic E-state index is 5.63. The van der Waals surface area contributed by atoms with E-state index >= 15 is 0 Å². The van der Waals surface area contributed by atoms with Gasteiger partial charge in [-0.05, 0) is 63.4 Å².